The van der Waals surface area contributed by atoms with Crippen molar-refractivity contribution in [2.75, 3.05) is 13.3 Å². The number of nitrogens with zero attached hydrogens (tertiary/aromatic N) is 3. The molecule has 0 radical (unpaired) electrons. The number of halogens is 2. The van der Waals surface area contributed by atoms with Crippen molar-refractivity contribution in [3.05, 3.63) is 50.8 Å². The summed E-state index contributed by atoms with van der Waals surface area (Å²) in [5, 5.41) is 1.92. The van der Waals surface area contributed by atoms with E-state index in [9.17, 15) is 4.79 Å². The number of hydrogen-bond donors (Lipinski definition) is 0. The van der Waals surface area contributed by atoms with Crippen LogP contribution >= 0.6 is 35.0 Å². The van der Waals surface area contributed by atoms with E-state index in [1.165, 1.54) is 11.8 Å². The van der Waals surface area contributed by atoms with Crippen molar-refractivity contribution in [1.82, 2.24) is 14.9 Å². The van der Waals surface area contributed by atoms with Crippen LogP contribution in [0.3, 0.4) is 0 Å². The van der Waals surface area contributed by atoms with Crippen molar-refractivity contribution < 1.29 is 4.79 Å². The van der Waals surface area contributed by atoms with E-state index in [4.69, 9.17) is 23.2 Å². The number of aromatic nitrogens is 2. The Hall–Kier alpha value is -1.30. The normalized spacial score (nSPS) is 10.8. The fourth-order valence-corrected chi connectivity index (χ4v) is 3.50. The van der Waals surface area contributed by atoms with Crippen LogP contribution in [0.25, 0.3) is 0 Å². The Balaban J connectivity index is 2.00. The first-order valence-electron chi connectivity index (χ1n) is 7.87. The first kappa shape index (κ1) is 20.0. The molecule has 1 heterocycles. The molecule has 0 saturated heterocycles. The van der Waals surface area contributed by atoms with E-state index in [-0.39, 0.29) is 5.91 Å². The van der Waals surface area contributed by atoms with Gasteiger partial charge in [-0.05, 0) is 49.8 Å². The second-order valence-corrected chi connectivity index (χ2v) is 7.46. The SMILES string of the molecule is CSc1nc(C)c(CCC(=O)N(C)Cc2ccc(Cl)cc2Cl)c(C)n1. The van der Waals surface area contributed by atoms with Gasteiger partial charge in [0.25, 0.3) is 0 Å². The highest BCUT2D eigenvalue weighted by atomic mass is 35.5. The highest BCUT2D eigenvalue weighted by Crippen LogP contribution is 2.22. The molecule has 0 bridgehead atoms. The van der Waals surface area contributed by atoms with E-state index in [1.807, 2.05) is 26.2 Å². The van der Waals surface area contributed by atoms with E-state index in [2.05, 4.69) is 9.97 Å². The van der Waals surface area contributed by atoms with Gasteiger partial charge in [0.15, 0.2) is 5.16 Å². The Kier molecular flexibility index (Phi) is 7.11. The standard InChI is InChI=1S/C18H21Cl2N3OS/c1-11-15(12(2)22-18(21-11)25-4)7-8-17(24)23(3)10-13-5-6-14(19)9-16(13)20/h5-6,9H,7-8,10H2,1-4H3. The number of benzene rings is 1. The lowest BCUT2D eigenvalue weighted by Gasteiger charge is -2.19. The topological polar surface area (TPSA) is 46.1 Å². The smallest absolute Gasteiger partial charge is 0.222 e. The van der Waals surface area contributed by atoms with Crippen molar-refractivity contribution in [1.29, 1.82) is 0 Å². The lowest BCUT2D eigenvalue weighted by Crippen LogP contribution is -2.26. The highest BCUT2D eigenvalue weighted by Gasteiger charge is 2.14. The molecule has 7 heteroatoms. The Labute approximate surface area is 162 Å². The Morgan fingerprint density at radius 3 is 2.40 bits per heavy atom. The summed E-state index contributed by atoms with van der Waals surface area (Å²) in [5.41, 5.74) is 3.80. The predicted octanol–water partition coefficient (Wildman–Crippen LogP) is 4.71. The van der Waals surface area contributed by atoms with Gasteiger partial charge in [-0.1, -0.05) is 41.0 Å². The van der Waals surface area contributed by atoms with Gasteiger partial charge in [-0.25, -0.2) is 9.97 Å². The molecule has 1 aromatic carbocycles. The van der Waals surface area contributed by atoms with Crippen molar-refractivity contribution >= 4 is 40.9 Å². The van der Waals surface area contributed by atoms with Crippen LogP contribution in [-0.2, 0) is 17.8 Å². The van der Waals surface area contributed by atoms with Crippen LogP contribution in [0.5, 0.6) is 0 Å². The average Bonchev–Trinajstić information content (AvgIpc) is 2.56. The molecule has 1 amide bonds. The third-order valence-electron chi connectivity index (χ3n) is 4.02. The maximum Gasteiger partial charge on any atom is 0.222 e. The summed E-state index contributed by atoms with van der Waals surface area (Å²) >= 11 is 13.6. The maximum absolute atomic E-state index is 12.5. The van der Waals surface area contributed by atoms with Crippen LogP contribution in [0.15, 0.2) is 23.4 Å². The minimum atomic E-state index is 0.0544. The van der Waals surface area contributed by atoms with Gasteiger partial charge in [0.2, 0.25) is 5.91 Å². The second-order valence-electron chi connectivity index (χ2n) is 5.85. The number of carbonyl (C=O) groups excluding carboxylic acids is 1. The predicted molar refractivity (Wildman–Crippen MR) is 105 cm³/mol. The zero-order valence-corrected chi connectivity index (χ0v) is 17.1. The minimum Gasteiger partial charge on any atom is -0.341 e. The van der Waals surface area contributed by atoms with Gasteiger partial charge < -0.3 is 4.90 Å². The molecule has 0 fully saturated rings. The van der Waals surface area contributed by atoms with E-state index < -0.39 is 0 Å². The first-order chi connectivity index (χ1) is 11.8. The number of rotatable bonds is 6. The third-order valence-corrected chi connectivity index (χ3v) is 5.15. The number of aryl methyl sites for hydroxylation is 2. The van der Waals surface area contributed by atoms with Crippen LogP contribution in [0, 0.1) is 13.8 Å². The van der Waals surface area contributed by atoms with Crippen LogP contribution < -0.4 is 0 Å². The van der Waals surface area contributed by atoms with Gasteiger partial charge in [-0.2, -0.15) is 0 Å². The summed E-state index contributed by atoms with van der Waals surface area (Å²) in [6.45, 7) is 4.38. The van der Waals surface area contributed by atoms with Crippen molar-refractivity contribution in [3.63, 3.8) is 0 Å². The molecule has 2 rings (SSSR count). The molecule has 0 atom stereocenters. The second kappa shape index (κ2) is 8.88. The Morgan fingerprint density at radius 2 is 1.84 bits per heavy atom. The van der Waals surface area contributed by atoms with Gasteiger partial charge in [-0.3, -0.25) is 4.79 Å². The van der Waals surface area contributed by atoms with Crippen LogP contribution in [0.4, 0.5) is 0 Å². The largest absolute Gasteiger partial charge is 0.341 e. The fourth-order valence-electron chi connectivity index (χ4n) is 2.58. The van der Waals surface area contributed by atoms with Gasteiger partial charge in [0.1, 0.15) is 0 Å². The molecule has 2 aromatic rings. The average molecular weight is 398 g/mol. The summed E-state index contributed by atoms with van der Waals surface area (Å²) in [4.78, 5) is 23.1. The van der Waals surface area contributed by atoms with Gasteiger partial charge in [0, 0.05) is 41.4 Å². The van der Waals surface area contributed by atoms with E-state index in [1.54, 1.807) is 24.1 Å². The monoisotopic (exact) mass is 397 g/mol. The summed E-state index contributed by atoms with van der Waals surface area (Å²) in [6, 6.07) is 5.31. The van der Waals surface area contributed by atoms with Crippen molar-refractivity contribution in [2.24, 2.45) is 0 Å². The number of hydrogen-bond acceptors (Lipinski definition) is 4. The van der Waals surface area contributed by atoms with Crippen molar-refractivity contribution in [2.45, 2.75) is 38.4 Å². The third kappa shape index (κ3) is 5.33. The molecule has 0 unspecified atom stereocenters. The summed E-state index contributed by atoms with van der Waals surface area (Å²) in [6.07, 6.45) is 2.99. The fraction of sp³-hybridized carbons (Fsp3) is 0.389. The van der Waals surface area contributed by atoms with E-state index >= 15 is 0 Å². The summed E-state index contributed by atoms with van der Waals surface area (Å²) in [7, 11) is 1.78. The highest BCUT2D eigenvalue weighted by molar-refractivity contribution is 7.98. The zero-order chi connectivity index (χ0) is 18.6. The molecule has 4 nitrogen and oxygen atoms in total. The molecule has 0 aliphatic rings. The molecule has 25 heavy (non-hydrogen) atoms. The Bertz CT molecular complexity index is 760. The van der Waals surface area contributed by atoms with Gasteiger partial charge >= 0.3 is 0 Å². The Morgan fingerprint density at radius 1 is 1.20 bits per heavy atom. The molecule has 0 aliphatic carbocycles. The number of amides is 1. The quantitative estimate of drug-likeness (QED) is 0.522. The molecule has 0 spiro atoms. The molecule has 0 aliphatic heterocycles. The maximum atomic E-state index is 12.5. The zero-order valence-electron chi connectivity index (χ0n) is 14.8. The summed E-state index contributed by atoms with van der Waals surface area (Å²) in [5.74, 6) is 0.0544. The lowest BCUT2D eigenvalue weighted by atomic mass is 10.1. The molecular formula is C18H21Cl2N3OS. The first-order valence-corrected chi connectivity index (χ1v) is 9.86. The van der Waals surface area contributed by atoms with Gasteiger partial charge in [-0.15, -0.1) is 0 Å². The molecule has 134 valence electrons. The number of thioether (sulfide) groups is 1. The van der Waals surface area contributed by atoms with Crippen molar-refractivity contribution in [3.8, 4) is 0 Å². The van der Waals surface area contributed by atoms with Crippen LogP contribution in [-0.4, -0.2) is 34.1 Å². The van der Waals surface area contributed by atoms with Gasteiger partial charge in [0.05, 0.1) is 0 Å². The van der Waals surface area contributed by atoms with Crippen LogP contribution in [0.1, 0.15) is 28.9 Å². The van der Waals surface area contributed by atoms with Crippen LogP contribution in [0.2, 0.25) is 10.0 Å². The lowest BCUT2D eigenvalue weighted by molar-refractivity contribution is -0.130. The molecule has 1 aromatic heterocycles. The molecular weight excluding hydrogens is 377 g/mol. The van der Waals surface area contributed by atoms with E-state index in [0.29, 0.717) is 29.4 Å². The molecule has 0 N–H and O–H groups in total. The number of carbonyl (C=O) groups is 1. The van der Waals surface area contributed by atoms with E-state index in [0.717, 1.165) is 27.7 Å². The summed E-state index contributed by atoms with van der Waals surface area (Å²) < 4.78 is 0. The minimum absolute atomic E-state index is 0.0544. The molecule has 0 saturated carbocycles.